The normalized spacial score (nSPS) is 12.2. The Kier molecular flexibility index (Phi) is 9.31. The molecule has 1 unspecified atom stereocenters. The third kappa shape index (κ3) is 6.22. The minimum Gasteiger partial charge on any atom is -0.315 e. The first-order valence-electron chi connectivity index (χ1n) is 14.8. The zero-order valence-corrected chi connectivity index (χ0v) is 25.8. The van der Waals surface area contributed by atoms with E-state index < -0.39 is 6.04 Å². The predicted molar refractivity (Wildman–Crippen MR) is 170 cm³/mol. The Bertz CT molecular complexity index is 1580. The van der Waals surface area contributed by atoms with E-state index >= 15 is 0 Å². The van der Waals surface area contributed by atoms with Crippen LogP contribution in [0.2, 0.25) is 0 Å². The van der Waals surface area contributed by atoms with Crippen molar-refractivity contribution in [2.45, 2.75) is 86.1 Å². The summed E-state index contributed by atoms with van der Waals surface area (Å²) >= 11 is 0. The van der Waals surface area contributed by atoms with Gasteiger partial charge >= 0.3 is 6.03 Å². The molecule has 0 radical (unpaired) electrons. The number of fused-ring (bicyclic) bond motifs is 1. The van der Waals surface area contributed by atoms with Crippen LogP contribution in [0.5, 0.6) is 0 Å². The van der Waals surface area contributed by atoms with Gasteiger partial charge < -0.3 is 10.2 Å². The van der Waals surface area contributed by atoms with Crippen LogP contribution in [0.4, 0.5) is 10.5 Å². The molecule has 2 amide bonds. The van der Waals surface area contributed by atoms with Crippen molar-refractivity contribution in [1.82, 2.24) is 14.5 Å². The van der Waals surface area contributed by atoms with Gasteiger partial charge in [-0.1, -0.05) is 89.1 Å². The molecule has 6 nitrogen and oxygen atoms in total. The monoisotopic (exact) mass is 552 g/mol. The van der Waals surface area contributed by atoms with Crippen LogP contribution in [0.15, 0.2) is 65.5 Å². The molecule has 3 aromatic carbocycles. The highest BCUT2D eigenvalue weighted by atomic mass is 16.2. The molecule has 41 heavy (non-hydrogen) atoms. The second-order valence-electron chi connectivity index (χ2n) is 11.7. The molecule has 1 atom stereocenters. The molecular weight excluding hydrogens is 508 g/mol. The van der Waals surface area contributed by atoms with Crippen LogP contribution in [0.1, 0.15) is 100 Å². The Labute approximate surface area is 244 Å². The number of anilines is 1. The van der Waals surface area contributed by atoms with E-state index in [9.17, 15) is 9.59 Å². The van der Waals surface area contributed by atoms with Gasteiger partial charge in [-0.2, -0.15) is 0 Å². The minimum atomic E-state index is -0.465. The molecule has 0 saturated heterocycles. The number of hydrogen-bond acceptors (Lipinski definition) is 3. The zero-order chi connectivity index (χ0) is 29.8. The van der Waals surface area contributed by atoms with Crippen molar-refractivity contribution in [3.63, 3.8) is 0 Å². The third-order valence-electron chi connectivity index (χ3n) is 7.85. The number of benzene rings is 3. The molecule has 0 fully saturated rings. The van der Waals surface area contributed by atoms with Gasteiger partial charge in [0.05, 0.1) is 22.6 Å². The fourth-order valence-electron chi connectivity index (χ4n) is 5.53. The van der Waals surface area contributed by atoms with Crippen molar-refractivity contribution in [2.75, 3.05) is 11.9 Å². The quantitative estimate of drug-likeness (QED) is 0.226. The number of nitrogens with one attached hydrogen (secondary N) is 1. The first-order chi connectivity index (χ1) is 19.5. The Morgan fingerprint density at radius 3 is 2.20 bits per heavy atom. The summed E-state index contributed by atoms with van der Waals surface area (Å²) in [5.41, 5.74) is 6.49. The van der Waals surface area contributed by atoms with Gasteiger partial charge in [-0.3, -0.25) is 9.36 Å². The molecule has 4 rings (SSSR count). The number of para-hydroxylation sites is 2. The molecule has 0 aliphatic rings. The lowest BCUT2D eigenvalue weighted by Gasteiger charge is -2.32. The highest BCUT2D eigenvalue weighted by molar-refractivity contribution is 5.92. The van der Waals surface area contributed by atoms with Gasteiger partial charge in [0.1, 0.15) is 5.82 Å². The summed E-state index contributed by atoms with van der Waals surface area (Å²) in [5.74, 6) is 1.05. The van der Waals surface area contributed by atoms with Gasteiger partial charge in [0.25, 0.3) is 5.56 Å². The predicted octanol–water partition coefficient (Wildman–Crippen LogP) is 8.64. The van der Waals surface area contributed by atoms with E-state index in [0.717, 1.165) is 46.5 Å². The molecule has 216 valence electrons. The van der Waals surface area contributed by atoms with E-state index in [-0.39, 0.29) is 23.4 Å². The average molecular weight is 553 g/mol. The SMILES string of the molecule is CCCCN(C(=O)Nc1c(C(C)C)cccc1C(C)C)C(C)c1nc2ccccc2c(=O)n1-c1ccc(C)cc1C. The topological polar surface area (TPSA) is 67.2 Å². The van der Waals surface area contributed by atoms with Crippen LogP contribution in [-0.4, -0.2) is 27.0 Å². The second kappa shape index (κ2) is 12.7. The number of amides is 2. The van der Waals surface area contributed by atoms with E-state index in [1.165, 1.54) is 0 Å². The number of carbonyl (C=O) groups is 1. The van der Waals surface area contributed by atoms with Crippen molar-refractivity contribution in [3.8, 4) is 5.69 Å². The van der Waals surface area contributed by atoms with Crippen LogP contribution in [0, 0.1) is 13.8 Å². The van der Waals surface area contributed by atoms with Gasteiger partial charge in [-0.25, -0.2) is 9.78 Å². The summed E-state index contributed by atoms with van der Waals surface area (Å²) < 4.78 is 1.70. The summed E-state index contributed by atoms with van der Waals surface area (Å²) in [6, 6.07) is 19.1. The van der Waals surface area contributed by atoms with Gasteiger partial charge in [0.2, 0.25) is 0 Å². The maximum absolute atomic E-state index is 14.2. The van der Waals surface area contributed by atoms with Crippen LogP contribution in [0.3, 0.4) is 0 Å². The molecule has 6 heteroatoms. The van der Waals surface area contributed by atoms with E-state index in [2.05, 4.69) is 64.2 Å². The number of aromatic nitrogens is 2. The highest BCUT2D eigenvalue weighted by Crippen LogP contribution is 2.33. The van der Waals surface area contributed by atoms with Crippen LogP contribution in [-0.2, 0) is 0 Å². The summed E-state index contributed by atoms with van der Waals surface area (Å²) in [7, 11) is 0. The Morgan fingerprint density at radius 1 is 0.927 bits per heavy atom. The lowest BCUT2D eigenvalue weighted by atomic mass is 9.92. The number of rotatable bonds is 9. The first kappa shape index (κ1) is 30.0. The van der Waals surface area contributed by atoms with Crippen molar-refractivity contribution in [3.05, 3.63) is 99.1 Å². The van der Waals surface area contributed by atoms with Gasteiger partial charge in [0.15, 0.2) is 0 Å². The molecule has 0 spiro atoms. The van der Waals surface area contributed by atoms with Crippen molar-refractivity contribution >= 4 is 22.6 Å². The molecule has 0 saturated carbocycles. The van der Waals surface area contributed by atoms with E-state index in [0.29, 0.717) is 23.3 Å². The second-order valence-corrected chi connectivity index (χ2v) is 11.7. The van der Waals surface area contributed by atoms with Crippen molar-refractivity contribution in [2.24, 2.45) is 0 Å². The van der Waals surface area contributed by atoms with Crippen molar-refractivity contribution in [1.29, 1.82) is 0 Å². The number of urea groups is 1. The third-order valence-corrected chi connectivity index (χ3v) is 7.85. The lowest BCUT2D eigenvalue weighted by molar-refractivity contribution is 0.188. The number of unbranched alkanes of at least 4 members (excludes halogenated alkanes) is 1. The lowest BCUT2D eigenvalue weighted by Crippen LogP contribution is -2.41. The Morgan fingerprint density at radius 2 is 1.59 bits per heavy atom. The molecule has 4 aromatic rings. The minimum absolute atomic E-state index is 0.132. The Hall–Kier alpha value is -3.93. The maximum Gasteiger partial charge on any atom is 0.322 e. The first-order valence-corrected chi connectivity index (χ1v) is 14.8. The molecule has 1 aromatic heterocycles. The number of aryl methyl sites for hydroxylation is 2. The zero-order valence-electron chi connectivity index (χ0n) is 25.8. The molecule has 0 bridgehead atoms. The van der Waals surface area contributed by atoms with E-state index in [4.69, 9.17) is 4.98 Å². The smallest absolute Gasteiger partial charge is 0.315 e. The highest BCUT2D eigenvalue weighted by Gasteiger charge is 2.28. The molecule has 1 N–H and O–H groups in total. The number of nitrogens with zero attached hydrogens (tertiary/aromatic N) is 3. The standard InChI is InChI=1S/C35H44N4O2/c1-9-10-20-38(35(41)37-32-27(22(2)3)15-13-16-28(32)23(4)5)26(8)33-36-30-17-12-11-14-29(30)34(40)39(33)31-19-18-24(6)21-25(31)7/h11-19,21-23,26H,9-10,20H2,1-8H3,(H,37,41). The molecule has 0 aliphatic carbocycles. The fraction of sp³-hybridized carbons (Fsp3) is 0.400. The van der Waals surface area contributed by atoms with Crippen LogP contribution < -0.4 is 10.9 Å². The average Bonchev–Trinajstić information content (AvgIpc) is 2.93. The summed E-state index contributed by atoms with van der Waals surface area (Å²) in [4.78, 5) is 35.1. The van der Waals surface area contributed by atoms with Crippen LogP contribution >= 0.6 is 0 Å². The maximum atomic E-state index is 14.2. The van der Waals surface area contributed by atoms with Gasteiger partial charge in [-0.15, -0.1) is 0 Å². The molecule has 0 aliphatic heterocycles. The Balaban J connectivity index is 1.88. The summed E-state index contributed by atoms with van der Waals surface area (Å²) in [6.45, 7) is 17.3. The number of carbonyl (C=O) groups excluding carboxylic acids is 1. The van der Waals surface area contributed by atoms with Gasteiger partial charge in [-0.05, 0) is 73.9 Å². The summed E-state index contributed by atoms with van der Waals surface area (Å²) in [6.07, 6.45) is 1.77. The van der Waals surface area contributed by atoms with E-state index in [1.54, 1.807) is 4.57 Å². The summed E-state index contributed by atoms with van der Waals surface area (Å²) in [5, 5.41) is 3.86. The number of hydrogen-bond donors (Lipinski definition) is 1. The molecular formula is C35H44N4O2. The van der Waals surface area contributed by atoms with E-state index in [1.807, 2.05) is 62.1 Å². The largest absolute Gasteiger partial charge is 0.322 e. The molecule has 1 heterocycles. The van der Waals surface area contributed by atoms with Gasteiger partial charge in [0, 0.05) is 12.2 Å². The van der Waals surface area contributed by atoms with Crippen LogP contribution in [0.25, 0.3) is 16.6 Å². The van der Waals surface area contributed by atoms with Crippen molar-refractivity contribution < 1.29 is 4.79 Å². The fourth-order valence-corrected chi connectivity index (χ4v) is 5.53.